The summed E-state index contributed by atoms with van der Waals surface area (Å²) in [5.41, 5.74) is 1.72. The lowest BCUT2D eigenvalue weighted by Gasteiger charge is -2.07. The Balaban J connectivity index is 2.41. The van der Waals surface area contributed by atoms with Crippen LogP contribution in [0.4, 0.5) is 4.39 Å². The Labute approximate surface area is 125 Å². The number of halogens is 2. The molecular formula is C15H14BrFN2O. The molecule has 1 aromatic carbocycles. The van der Waals surface area contributed by atoms with Crippen molar-refractivity contribution in [1.82, 2.24) is 9.97 Å². The van der Waals surface area contributed by atoms with Gasteiger partial charge in [-0.1, -0.05) is 15.9 Å². The number of carbonyl (C=O) groups is 1. The zero-order valence-corrected chi connectivity index (χ0v) is 12.9. The van der Waals surface area contributed by atoms with Crippen LogP contribution in [0.5, 0.6) is 0 Å². The third-order valence-electron chi connectivity index (χ3n) is 2.81. The molecule has 0 N–H and O–H groups in total. The van der Waals surface area contributed by atoms with Crippen molar-refractivity contribution in [3.8, 4) is 11.3 Å². The van der Waals surface area contributed by atoms with Crippen molar-refractivity contribution >= 4 is 21.7 Å². The van der Waals surface area contributed by atoms with Gasteiger partial charge in [-0.05, 0) is 38.1 Å². The third kappa shape index (κ3) is 3.70. The monoisotopic (exact) mass is 336 g/mol. The van der Waals surface area contributed by atoms with Crippen LogP contribution in [0.2, 0.25) is 0 Å². The van der Waals surface area contributed by atoms with Gasteiger partial charge in [0.1, 0.15) is 17.4 Å². The van der Waals surface area contributed by atoms with E-state index in [9.17, 15) is 9.18 Å². The predicted octanol–water partition coefficient (Wildman–Crippen LogP) is 3.88. The van der Waals surface area contributed by atoms with E-state index in [1.807, 2.05) is 6.92 Å². The van der Waals surface area contributed by atoms with Crippen LogP contribution in [0.25, 0.3) is 11.3 Å². The van der Waals surface area contributed by atoms with E-state index in [2.05, 4.69) is 25.9 Å². The highest BCUT2D eigenvalue weighted by Gasteiger charge is 2.10. The maximum Gasteiger partial charge on any atom is 0.132 e. The van der Waals surface area contributed by atoms with Crippen molar-refractivity contribution in [3.05, 3.63) is 46.1 Å². The first kappa shape index (κ1) is 14.8. The summed E-state index contributed by atoms with van der Waals surface area (Å²) in [6, 6.07) is 6.46. The molecule has 1 heterocycles. The number of nitrogens with zero attached hydrogens (tertiary/aromatic N) is 2. The van der Waals surface area contributed by atoms with Crippen LogP contribution >= 0.6 is 15.9 Å². The molecule has 5 heteroatoms. The van der Waals surface area contributed by atoms with Gasteiger partial charge in [0.15, 0.2) is 0 Å². The van der Waals surface area contributed by atoms with E-state index in [1.165, 1.54) is 13.0 Å². The van der Waals surface area contributed by atoms with Gasteiger partial charge in [0.2, 0.25) is 0 Å². The van der Waals surface area contributed by atoms with Gasteiger partial charge in [-0.15, -0.1) is 0 Å². The van der Waals surface area contributed by atoms with E-state index in [4.69, 9.17) is 0 Å². The summed E-state index contributed by atoms with van der Waals surface area (Å²) in [6.07, 6.45) is 0.865. The van der Waals surface area contributed by atoms with E-state index in [0.717, 1.165) is 10.2 Å². The topological polar surface area (TPSA) is 42.9 Å². The highest BCUT2D eigenvalue weighted by Crippen LogP contribution is 2.25. The lowest BCUT2D eigenvalue weighted by molar-refractivity contribution is -0.117. The van der Waals surface area contributed by atoms with Gasteiger partial charge in [0.25, 0.3) is 0 Å². The average molecular weight is 337 g/mol. The predicted molar refractivity (Wildman–Crippen MR) is 78.9 cm³/mol. The molecule has 0 aliphatic carbocycles. The fourth-order valence-corrected chi connectivity index (χ4v) is 2.22. The molecule has 2 rings (SSSR count). The first-order valence-corrected chi connectivity index (χ1v) is 7.04. The van der Waals surface area contributed by atoms with Crippen LogP contribution in [0, 0.1) is 12.7 Å². The molecule has 0 aliphatic heterocycles. The second-order valence-electron chi connectivity index (χ2n) is 4.64. The van der Waals surface area contributed by atoms with Crippen molar-refractivity contribution in [2.24, 2.45) is 0 Å². The van der Waals surface area contributed by atoms with Gasteiger partial charge in [0.05, 0.1) is 5.69 Å². The summed E-state index contributed by atoms with van der Waals surface area (Å²) in [4.78, 5) is 19.7. The first-order valence-electron chi connectivity index (χ1n) is 6.25. The fourth-order valence-electron chi connectivity index (χ4n) is 1.86. The number of carbonyl (C=O) groups excluding carboxylic acids is 1. The van der Waals surface area contributed by atoms with Crippen LogP contribution < -0.4 is 0 Å². The summed E-state index contributed by atoms with van der Waals surface area (Å²) in [5.74, 6) is 0.323. The summed E-state index contributed by atoms with van der Waals surface area (Å²) in [5, 5.41) is 0. The molecule has 0 aliphatic rings. The molecule has 0 amide bonds. The van der Waals surface area contributed by atoms with Gasteiger partial charge < -0.3 is 4.79 Å². The molecule has 1 aromatic heterocycles. The smallest absolute Gasteiger partial charge is 0.132 e. The maximum atomic E-state index is 13.9. The van der Waals surface area contributed by atoms with Gasteiger partial charge in [-0.25, -0.2) is 14.4 Å². The van der Waals surface area contributed by atoms with Gasteiger partial charge >= 0.3 is 0 Å². The van der Waals surface area contributed by atoms with Crippen molar-refractivity contribution in [2.45, 2.75) is 26.7 Å². The Bertz CT molecular complexity index is 658. The number of aryl methyl sites for hydroxylation is 2. The Kier molecular flexibility index (Phi) is 4.60. The van der Waals surface area contributed by atoms with Crippen molar-refractivity contribution in [3.63, 3.8) is 0 Å². The molecule has 3 nitrogen and oxygen atoms in total. The summed E-state index contributed by atoms with van der Waals surface area (Å²) in [6.45, 7) is 3.36. The molecule has 0 saturated heterocycles. The third-order valence-corrected chi connectivity index (χ3v) is 3.30. The second-order valence-corrected chi connectivity index (χ2v) is 5.55. The second kappa shape index (κ2) is 6.22. The molecular weight excluding hydrogens is 323 g/mol. The number of benzene rings is 1. The molecule has 0 spiro atoms. The minimum absolute atomic E-state index is 0.0882. The Morgan fingerprint density at radius 1 is 1.30 bits per heavy atom. The normalized spacial score (nSPS) is 10.6. The SMILES string of the molecule is CC(=O)CCc1nc(C)cc(-c2cc(Br)ccc2F)n1. The molecule has 20 heavy (non-hydrogen) atoms. The molecule has 0 fully saturated rings. The van der Waals surface area contributed by atoms with Crippen LogP contribution in [-0.4, -0.2) is 15.8 Å². The van der Waals surface area contributed by atoms with E-state index in [1.54, 1.807) is 18.2 Å². The quantitative estimate of drug-likeness (QED) is 0.850. The van der Waals surface area contributed by atoms with Gasteiger partial charge in [0, 0.05) is 28.6 Å². The highest BCUT2D eigenvalue weighted by molar-refractivity contribution is 9.10. The fraction of sp³-hybridized carbons (Fsp3) is 0.267. The number of aromatic nitrogens is 2. The van der Waals surface area contributed by atoms with Crippen LogP contribution in [0.3, 0.4) is 0 Å². The zero-order valence-electron chi connectivity index (χ0n) is 11.3. The maximum absolute atomic E-state index is 13.9. The van der Waals surface area contributed by atoms with E-state index < -0.39 is 0 Å². The molecule has 2 aromatic rings. The number of Topliss-reactive ketones (excluding diaryl/α,β-unsaturated/α-hetero) is 1. The standard InChI is InChI=1S/C15H14BrFN2O/c1-9-7-14(12-8-11(16)4-5-13(12)17)19-15(18-9)6-3-10(2)20/h4-5,7-8H,3,6H2,1-2H3. The Morgan fingerprint density at radius 2 is 2.05 bits per heavy atom. The lowest BCUT2D eigenvalue weighted by atomic mass is 10.1. The lowest BCUT2D eigenvalue weighted by Crippen LogP contribution is -2.03. The zero-order chi connectivity index (χ0) is 14.7. The number of hydrogen-bond acceptors (Lipinski definition) is 3. The average Bonchev–Trinajstić information content (AvgIpc) is 2.38. The number of rotatable bonds is 4. The number of ketones is 1. The largest absolute Gasteiger partial charge is 0.300 e. The Hall–Kier alpha value is -1.62. The molecule has 0 atom stereocenters. The molecule has 0 bridgehead atoms. The molecule has 0 unspecified atom stereocenters. The summed E-state index contributed by atoms with van der Waals surface area (Å²) >= 11 is 3.33. The van der Waals surface area contributed by atoms with Gasteiger partial charge in [-0.2, -0.15) is 0 Å². The van der Waals surface area contributed by atoms with Crippen LogP contribution in [-0.2, 0) is 11.2 Å². The summed E-state index contributed by atoms with van der Waals surface area (Å²) < 4.78 is 14.7. The summed E-state index contributed by atoms with van der Waals surface area (Å²) in [7, 11) is 0. The van der Waals surface area contributed by atoms with E-state index in [0.29, 0.717) is 29.9 Å². The minimum Gasteiger partial charge on any atom is -0.300 e. The van der Waals surface area contributed by atoms with Crippen molar-refractivity contribution in [1.29, 1.82) is 0 Å². The van der Waals surface area contributed by atoms with E-state index >= 15 is 0 Å². The van der Waals surface area contributed by atoms with Crippen LogP contribution in [0.15, 0.2) is 28.7 Å². The van der Waals surface area contributed by atoms with E-state index in [-0.39, 0.29) is 11.6 Å². The van der Waals surface area contributed by atoms with Gasteiger partial charge in [-0.3, -0.25) is 0 Å². The Morgan fingerprint density at radius 3 is 2.75 bits per heavy atom. The van der Waals surface area contributed by atoms with Crippen LogP contribution in [0.1, 0.15) is 24.9 Å². The molecule has 0 radical (unpaired) electrons. The van der Waals surface area contributed by atoms with Crippen molar-refractivity contribution < 1.29 is 9.18 Å². The van der Waals surface area contributed by atoms with Crippen molar-refractivity contribution in [2.75, 3.05) is 0 Å². The molecule has 0 saturated carbocycles. The molecule has 104 valence electrons. The highest BCUT2D eigenvalue weighted by atomic mass is 79.9. The number of hydrogen-bond donors (Lipinski definition) is 0. The first-order chi connectivity index (χ1) is 9.45. The minimum atomic E-state index is -0.330.